The van der Waals surface area contributed by atoms with Gasteiger partial charge < -0.3 is 11.1 Å². The number of nitrogens with zero attached hydrogens (tertiary/aromatic N) is 1. The average Bonchev–Trinajstić information content (AvgIpc) is 2.41. The largest absolute Gasteiger partial charge is 0.393 e. The molecule has 0 spiro atoms. The molecule has 2 rings (SSSR count). The van der Waals surface area contributed by atoms with Gasteiger partial charge in [-0.3, -0.25) is 14.9 Å². The molecule has 0 saturated carbocycles. The van der Waals surface area contributed by atoms with Gasteiger partial charge in [-0.15, -0.1) is 0 Å². The highest BCUT2D eigenvalue weighted by molar-refractivity contribution is 6.01. The van der Waals surface area contributed by atoms with Gasteiger partial charge in [-0.05, 0) is 37.8 Å². The molecule has 0 bridgehead atoms. The number of anilines is 1. The van der Waals surface area contributed by atoms with Crippen LogP contribution < -0.4 is 11.1 Å². The van der Waals surface area contributed by atoms with E-state index in [-0.39, 0.29) is 28.9 Å². The highest BCUT2D eigenvalue weighted by atomic mass is 16.6. The maximum Gasteiger partial charge on any atom is 0.293 e. The summed E-state index contributed by atoms with van der Waals surface area (Å²) in [7, 11) is 0. The number of allylic oxidation sites excluding steroid dienone is 1. The number of nitrogen functional groups attached to an aromatic ring is 1. The predicted octanol–water partition coefficient (Wildman–Crippen LogP) is 2.32. The fourth-order valence-electron chi connectivity index (χ4n) is 2.31. The molecule has 0 unspecified atom stereocenters. The standard InChI is InChI=1S/C14H17N3O3/c1-9-7-11(13(15)12(8-9)17(19)20)14(18)16-10-5-3-2-4-6-10/h2-3,7-8,10H,4-6,15H2,1H3,(H,16,18)/t10-/m0/s1. The van der Waals surface area contributed by atoms with Crippen LogP contribution in [0.4, 0.5) is 11.4 Å². The lowest BCUT2D eigenvalue weighted by Gasteiger charge is -2.20. The Kier molecular flexibility index (Phi) is 4.02. The number of hydrogen-bond acceptors (Lipinski definition) is 4. The van der Waals surface area contributed by atoms with Crippen LogP contribution in [0.15, 0.2) is 24.3 Å². The van der Waals surface area contributed by atoms with Crippen molar-refractivity contribution in [2.24, 2.45) is 0 Å². The van der Waals surface area contributed by atoms with Crippen molar-refractivity contribution in [2.45, 2.75) is 32.2 Å². The number of aryl methyl sites for hydroxylation is 1. The van der Waals surface area contributed by atoms with Gasteiger partial charge in [-0.1, -0.05) is 12.2 Å². The number of carbonyl (C=O) groups is 1. The number of amides is 1. The zero-order chi connectivity index (χ0) is 14.7. The smallest absolute Gasteiger partial charge is 0.293 e. The number of benzene rings is 1. The van der Waals surface area contributed by atoms with E-state index in [1.807, 2.05) is 6.08 Å². The normalized spacial score (nSPS) is 17.8. The molecule has 1 aromatic rings. The van der Waals surface area contributed by atoms with Gasteiger partial charge in [-0.2, -0.15) is 0 Å². The zero-order valence-electron chi connectivity index (χ0n) is 11.3. The summed E-state index contributed by atoms with van der Waals surface area (Å²) in [6.07, 6.45) is 6.68. The Labute approximate surface area is 116 Å². The first-order valence-corrected chi connectivity index (χ1v) is 6.49. The van der Waals surface area contributed by atoms with Gasteiger partial charge in [0, 0.05) is 12.1 Å². The van der Waals surface area contributed by atoms with E-state index in [0.717, 1.165) is 19.3 Å². The second-order valence-corrected chi connectivity index (χ2v) is 4.96. The van der Waals surface area contributed by atoms with Gasteiger partial charge in [0.2, 0.25) is 0 Å². The molecule has 0 heterocycles. The summed E-state index contributed by atoms with van der Waals surface area (Å²) in [6, 6.07) is 3.01. The third-order valence-electron chi connectivity index (χ3n) is 3.35. The zero-order valence-corrected chi connectivity index (χ0v) is 11.3. The molecule has 3 N–H and O–H groups in total. The minimum absolute atomic E-state index is 0.0615. The molecule has 0 saturated heterocycles. The Morgan fingerprint density at radius 1 is 1.45 bits per heavy atom. The number of nitro benzene ring substituents is 1. The highest BCUT2D eigenvalue weighted by Gasteiger charge is 2.22. The topological polar surface area (TPSA) is 98.3 Å². The second-order valence-electron chi connectivity index (χ2n) is 4.96. The van der Waals surface area contributed by atoms with Crippen LogP contribution >= 0.6 is 0 Å². The molecule has 0 fully saturated rings. The lowest BCUT2D eigenvalue weighted by Crippen LogP contribution is -2.35. The fourth-order valence-corrected chi connectivity index (χ4v) is 2.31. The fraction of sp³-hybridized carbons (Fsp3) is 0.357. The third-order valence-corrected chi connectivity index (χ3v) is 3.35. The Balaban J connectivity index is 2.25. The van der Waals surface area contributed by atoms with Crippen LogP contribution in [0.1, 0.15) is 35.2 Å². The van der Waals surface area contributed by atoms with Crippen LogP contribution in [0, 0.1) is 17.0 Å². The number of nitrogens with one attached hydrogen (secondary N) is 1. The van der Waals surface area contributed by atoms with E-state index in [0.29, 0.717) is 5.56 Å². The molecule has 1 atom stereocenters. The predicted molar refractivity (Wildman–Crippen MR) is 76.5 cm³/mol. The Hall–Kier alpha value is -2.37. The van der Waals surface area contributed by atoms with Crippen molar-refractivity contribution < 1.29 is 9.72 Å². The number of hydrogen-bond donors (Lipinski definition) is 2. The molecule has 1 amide bonds. The van der Waals surface area contributed by atoms with E-state index in [1.54, 1.807) is 13.0 Å². The van der Waals surface area contributed by atoms with Crippen LogP contribution in [0.5, 0.6) is 0 Å². The summed E-state index contributed by atoms with van der Waals surface area (Å²) >= 11 is 0. The first kappa shape index (κ1) is 14.0. The van der Waals surface area contributed by atoms with Crippen LogP contribution in [0.2, 0.25) is 0 Å². The van der Waals surface area contributed by atoms with Crippen LogP contribution in [0.25, 0.3) is 0 Å². The van der Waals surface area contributed by atoms with E-state index in [1.165, 1.54) is 6.07 Å². The summed E-state index contributed by atoms with van der Waals surface area (Å²) < 4.78 is 0. The number of nitro groups is 1. The molecule has 1 aliphatic rings. The van der Waals surface area contributed by atoms with Gasteiger partial charge >= 0.3 is 0 Å². The number of nitrogens with two attached hydrogens (primary N) is 1. The molecule has 6 heteroatoms. The SMILES string of the molecule is Cc1cc(C(=O)N[C@H]2CC=CCC2)c(N)c([N+](=O)[O-])c1. The summed E-state index contributed by atoms with van der Waals surface area (Å²) in [5, 5.41) is 13.8. The van der Waals surface area contributed by atoms with E-state index < -0.39 is 4.92 Å². The van der Waals surface area contributed by atoms with Gasteiger partial charge in [-0.25, -0.2) is 0 Å². The minimum Gasteiger partial charge on any atom is -0.393 e. The van der Waals surface area contributed by atoms with Crippen molar-refractivity contribution in [1.82, 2.24) is 5.32 Å². The summed E-state index contributed by atoms with van der Waals surface area (Å²) in [5.74, 6) is -0.352. The van der Waals surface area contributed by atoms with Crippen molar-refractivity contribution in [3.05, 3.63) is 45.5 Å². The van der Waals surface area contributed by atoms with Crippen LogP contribution in [-0.4, -0.2) is 16.9 Å². The van der Waals surface area contributed by atoms with Crippen molar-refractivity contribution in [1.29, 1.82) is 0 Å². The number of rotatable bonds is 3. The van der Waals surface area contributed by atoms with Crippen molar-refractivity contribution >= 4 is 17.3 Å². The molecular weight excluding hydrogens is 258 g/mol. The molecular formula is C14H17N3O3. The van der Waals surface area contributed by atoms with E-state index in [9.17, 15) is 14.9 Å². The van der Waals surface area contributed by atoms with Gasteiger partial charge in [0.15, 0.2) is 0 Å². The number of carbonyl (C=O) groups excluding carboxylic acids is 1. The van der Waals surface area contributed by atoms with Crippen LogP contribution in [0.3, 0.4) is 0 Å². The highest BCUT2D eigenvalue weighted by Crippen LogP contribution is 2.27. The quantitative estimate of drug-likeness (QED) is 0.383. The first-order valence-electron chi connectivity index (χ1n) is 6.49. The second kappa shape index (κ2) is 5.73. The summed E-state index contributed by atoms with van der Waals surface area (Å²) in [4.78, 5) is 22.6. The van der Waals surface area contributed by atoms with Crippen LogP contribution in [-0.2, 0) is 0 Å². The maximum atomic E-state index is 12.2. The molecule has 20 heavy (non-hydrogen) atoms. The van der Waals surface area contributed by atoms with Gasteiger partial charge in [0.1, 0.15) is 5.69 Å². The van der Waals surface area contributed by atoms with Crippen molar-refractivity contribution in [2.75, 3.05) is 5.73 Å². The Bertz CT molecular complexity index is 581. The van der Waals surface area contributed by atoms with Crippen molar-refractivity contribution in [3.8, 4) is 0 Å². The lowest BCUT2D eigenvalue weighted by molar-refractivity contribution is -0.384. The Morgan fingerprint density at radius 3 is 2.80 bits per heavy atom. The molecule has 0 aromatic heterocycles. The molecule has 0 radical (unpaired) electrons. The van der Waals surface area contributed by atoms with Gasteiger partial charge in [0.05, 0.1) is 10.5 Å². The molecule has 0 aliphatic heterocycles. The average molecular weight is 275 g/mol. The lowest BCUT2D eigenvalue weighted by atomic mass is 10.0. The molecule has 6 nitrogen and oxygen atoms in total. The van der Waals surface area contributed by atoms with E-state index in [4.69, 9.17) is 5.73 Å². The monoisotopic (exact) mass is 275 g/mol. The molecule has 1 aromatic carbocycles. The van der Waals surface area contributed by atoms with Gasteiger partial charge in [0.25, 0.3) is 11.6 Å². The summed E-state index contributed by atoms with van der Waals surface area (Å²) in [6.45, 7) is 1.70. The minimum atomic E-state index is -0.567. The first-order chi connectivity index (χ1) is 9.49. The van der Waals surface area contributed by atoms with E-state index in [2.05, 4.69) is 11.4 Å². The Morgan fingerprint density at radius 2 is 2.20 bits per heavy atom. The molecule has 1 aliphatic carbocycles. The maximum absolute atomic E-state index is 12.2. The van der Waals surface area contributed by atoms with E-state index >= 15 is 0 Å². The van der Waals surface area contributed by atoms with Crippen molar-refractivity contribution in [3.63, 3.8) is 0 Å². The molecule has 106 valence electrons. The third kappa shape index (κ3) is 2.96. The summed E-state index contributed by atoms with van der Waals surface area (Å²) in [5.41, 5.74) is 6.25.